The molecule has 2 aliphatic heterocycles. The number of sulfone groups is 1. The van der Waals surface area contributed by atoms with E-state index in [0.717, 1.165) is 0 Å². The predicted molar refractivity (Wildman–Crippen MR) is 67.5 cm³/mol. The van der Waals surface area contributed by atoms with E-state index in [1.165, 1.54) is 4.90 Å². The van der Waals surface area contributed by atoms with Crippen LogP contribution in [0.25, 0.3) is 0 Å². The minimum absolute atomic E-state index is 0.0557. The Morgan fingerprint density at radius 1 is 1.32 bits per heavy atom. The maximum absolute atomic E-state index is 12.0. The molecule has 0 radical (unpaired) electrons. The number of carboxylic acid groups (broad SMARTS) is 1. The van der Waals surface area contributed by atoms with Gasteiger partial charge in [-0.25, -0.2) is 18.0 Å². The molecule has 7 nitrogen and oxygen atoms in total. The van der Waals surface area contributed by atoms with Crippen LogP contribution in [0, 0.1) is 5.92 Å². The molecule has 2 amide bonds. The normalized spacial score (nSPS) is 33.3. The summed E-state index contributed by atoms with van der Waals surface area (Å²) in [5.41, 5.74) is 0. The summed E-state index contributed by atoms with van der Waals surface area (Å²) in [7, 11) is -3.05. The van der Waals surface area contributed by atoms with Gasteiger partial charge in [0.05, 0.1) is 11.5 Å². The fourth-order valence-corrected chi connectivity index (χ4v) is 4.39. The van der Waals surface area contributed by atoms with Gasteiger partial charge in [0.25, 0.3) is 0 Å². The SMILES string of the molecule is CC1CCN(C(=O)NC2CCS(=O)(=O)C2)C1C(=O)O. The van der Waals surface area contributed by atoms with Crippen molar-refractivity contribution in [1.29, 1.82) is 0 Å². The Morgan fingerprint density at radius 2 is 2.00 bits per heavy atom. The van der Waals surface area contributed by atoms with Crippen LogP contribution in [-0.4, -0.2) is 60.6 Å². The number of carboxylic acids is 1. The first kappa shape index (κ1) is 14.1. The lowest BCUT2D eigenvalue weighted by Crippen LogP contribution is -2.50. The monoisotopic (exact) mass is 290 g/mol. The summed E-state index contributed by atoms with van der Waals surface area (Å²) >= 11 is 0. The summed E-state index contributed by atoms with van der Waals surface area (Å²) in [5.74, 6) is -1.08. The Bertz CT molecular complexity index is 489. The number of rotatable bonds is 2. The predicted octanol–water partition coefficient (Wildman–Crippen LogP) is -0.322. The lowest BCUT2D eigenvalue weighted by atomic mass is 10.0. The molecular weight excluding hydrogens is 272 g/mol. The lowest BCUT2D eigenvalue weighted by molar-refractivity contribution is -0.142. The number of carbonyl (C=O) groups is 2. The van der Waals surface area contributed by atoms with Crippen molar-refractivity contribution >= 4 is 21.8 Å². The Balaban J connectivity index is 1.99. The second-order valence-corrected chi connectivity index (χ2v) is 7.52. The highest BCUT2D eigenvalue weighted by molar-refractivity contribution is 7.91. The Kier molecular flexibility index (Phi) is 3.71. The van der Waals surface area contributed by atoms with Gasteiger partial charge in [-0.1, -0.05) is 6.92 Å². The zero-order chi connectivity index (χ0) is 14.2. The second-order valence-electron chi connectivity index (χ2n) is 5.29. The number of likely N-dealkylation sites (tertiary alicyclic amines) is 1. The first-order chi connectivity index (χ1) is 8.80. The van der Waals surface area contributed by atoms with Gasteiger partial charge >= 0.3 is 12.0 Å². The van der Waals surface area contributed by atoms with E-state index in [4.69, 9.17) is 5.11 Å². The molecule has 3 atom stereocenters. The van der Waals surface area contributed by atoms with Crippen LogP contribution in [0.5, 0.6) is 0 Å². The fraction of sp³-hybridized carbons (Fsp3) is 0.818. The largest absolute Gasteiger partial charge is 0.480 e. The standard InChI is InChI=1S/C11H18N2O5S/c1-7-2-4-13(9(7)10(14)15)11(16)12-8-3-5-19(17,18)6-8/h7-9H,2-6H2,1H3,(H,12,16)(H,14,15). The number of amides is 2. The number of nitrogens with zero attached hydrogens (tertiary/aromatic N) is 1. The molecule has 108 valence electrons. The summed E-state index contributed by atoms with van der Waals surface area (Å²) in [5, 5.41) is 11.8. The van der Waals surface area contributed by atoms with Crippen molar-refractivity contribution in [1.82, 2.24) is 10.2 Å². The van der Waals surface area contributed by atoms with Crippen molar-refractivity contribution in [3.8, 4) is 0 Å². The van der Waals surface area contributed by atoms with Crippen LogP contribution in [0.15, 0.2) is 0 Å². The van der Waals surface area contributed by atoms with Crippen molar-refractivity contribution in [2.75, 3.05) is 18.1 Å². The molecule has 3 unspecified atom stereocenters. The molecule has 0 aromatic heterocycles. The molecule has 2 rings (SSSR count). The van der Waals surface area contributed by atoms with E-state index < -0.39 is 33.9 Å². The third-order valence-electron chi connectivity index (χ3n) is 3.77. The topological polar surface area (TPSA) is 104 Å². The van der Waals surface area contributed by atoms with E-state index in [0.29, 0.717) is 19.4 Å². The molecule has 2 N–H and O–H groups in total. The van der Waals surface area contributed by atoms with Crippen LogP contribution >= 0.6 is 0 Å². The summed E-state index contributed by atoms with van der Waals surface area (Å²) in [6.45, 7) is 2.19. The molecule has 0 bridgehead atoms. The number of hydrogen-bond acceptors (Lipinski definition) is 4. The molecule has 0 spiro atoms. The molecule has 0 aliphatic carbocycles. The Labute approximate surface area is 111 Å². The van der Waals surface area contributed by atoms with E-state index in [1.807, 2.05) is 0 Å². The third-order valence-corrected chi connectivity index (χ3v) is 5.54. The molecule has 8 heteroatoms. The third kappa shape index (κ3) is 2.99. The molecule has 2 heterocycles. The van der Waals surface area contributed by atoms with Gasteiger partial charge in [-0.05, 0) is 18.8 Å². The van der Waals surface area contributed by atoms with E-state index in [2.05, 4.69) is 5.32 Å². The zero-order valence-corrected chi connectivity index (χ0v) is 11.5. The van der Waals surface area contributed by atoms with Gasteiger partial charge in [0.15, 0.2) is 9.84 Å². The van der Waals surface area contributed by atoms with Gasteiger partial charge in [-0.15, -0.1) is 0 Å². The molecule has 2 saturated heterocycles. The Morgan fingerprint density at radius 3 is 2.53 bits per heavy atom. The minimum Gasteiger partial charge on any atom is -0.480 e. The summed E-state index contributed by atoms with van der Waals surface area (Å²) in [6.07, 6.45) is 1.04. The van der Waals surface area contributed by atoms with Gasteiger partial charge in [0, 0.05) is 12.6 Å². The molecular formula is C11H18N2O5S. The van der Waals surface area contributed by atoms with E-state index in [-0.39, 0.29) is 17.4 Å². The Hall–Kier alpha value is -1.31. The average molecular weight is 290 g/mol. The quantitative estimate of drug-likeness (QED) is 0.725. The average Bonchev–Trinajstić information content (AvgIpc) is 2.81. The van der Waals surface area contributed by atoms with Gasteiger partial charge in [0.2, 0.25) is 0 Å². The van der Waals surface area contributed by atoms with Crippen LogP contribution in [0.4, 0.5) is 4.79 Å². The molecule has 2 aliphatic rings. The maximum Gasteiger partial charge on any atom is 0.326 e. The molecule has 2 fully saturated rings. The van der Waals surface area contributed by atoms with Gasteiger partial charge in [0.1, 0.15) is 6.04 Å². The summed E-state index contributed by atoms with van der Waals surface area (Å²) < 4.78 is 22.6. The van der Waals surface area contributed by atoms with Gasteiger partial charge < -0.3 is 15.3 Å². The van der Waals surface area contributed by atoms with Crippen molar-refractivity contribution in [2.45, 2.75) is 31.8 Å². The van der Waals surface area contributed by atoms with Gasteiger partial charge in [-0.3, -0.25) is 0 Å². The van der Waals surface area contributed by atoms with Crippen LogP contribution in [0.3, 0.4) is 0 Å². The van der Waals surface area contributed by atoms with Crippen LogP contribution in [-0.2, 0) is 14.6 Å². The van der Waals surface area contributed by atoms with Crippen LogP contribution in [0.2, 0.25) is 0 Å². The molecule has 0 aromatic carbocycles. The number of nitrogens with one attached hydrogen (secondary N) is 1. The molecule has 19 heavy (non-hydrogen) atoms. The summed E-state index contributed by atoms with van der Waals surface area (Å²) in [4.78, 5) is 24.5. The first-order valence-electron chi connectivity index (χ1n) is 6.30. The van der Waals surface area contributed by atoms with E-state index in [9.17, 15) is 18.0 Å². The lowest BCUT2D eigenvalue weighted by Gasteiger charge is -2.25. The smallest absolute Gasteiger partial charge is 0.326 e. The number of aliphatic carboxylic acids is 1. The van der Waals surface area contributed by atoms with E-state index >= 15 is 0 Å². The van der Waals surface area contributed by atoms with Crippen molar-refractivity contribution in [3.63, 3.8) is 0 Å². The maximum atomic E-state index is 12.0. The van der Waals surface area contributed by atoms with E-state index in [1.54, 1.807) is 6.92 Å². The minimum atomic E-state index is -3.05. The van der Waals surface area contributed by atoms with Crippen molar-refractivity contribution in [3.05, 3.63) is 0 Å². The summed E-state index contributed by atoms with van der Waals surface area (Å²) in [6, 6.07) is -1.69. The van der Waals surface area contributed by atoms with Crippen molar-refractivity contribution < 1.29 is 23.1 Å². The van der Waals surface area contributed by atoms with Gasteiger partial charge in [-0.2, -0.15) is 0 Å². The molecule has 0 aromatic rings. The number of carbonyl (C=O) groups excluding carboxylic acids is 1. The number of urea groups is 1. The highest BCUT2D eigenvalue weighted by atomic mass is 32.2. The molecule has 0 saturated carbocycles. The van der Waals surface area contributed by atoms with Crippen molar-refractivity contribution in [2.24, 2.45) is 5.92 Å². The fourth-order valence-electron chi connectivity index (χ4n) is 2.72. The second kappa shape index (κ2) is 4.99. The van der Waals surface area contributed by atoms with Crippen LogP contribution < -0.4 is 5.32 Å². The highest BCUT2D eigenvalue weighted by Crippen LogP contribution is 2.24. The number of hydrogen-bond donors (Lipinski definition) is 2. The first-order valence-corrected chi connectivity index (χ1v) is 8.12. The zero-order valence-electron chi connectivity index (χ0n) is 10.7. The highest BCUT2D eigenvalue weighted by Gasteiger charge is 2.40. The van der Waals surface area contributed by atoms with Crippen LogP contribution in [0.1, 0.15) is 19.8 Å².